The molecule has 1 heterocycles. The van der Waals surface area contributed by atoms with Gasteiger partial charge in [0.05, 0.1) is 16.2 Å². The monoisotopic (exact) mass is 348 g/mol. The lowest BCUT2D eigenvalue weighted by Crippen LogP contribution is -2.12. The Kier molecular flexibility index (Phi) is 4.23. The first-order valence-electron chi connectivity index (χ1n) is 7.11. The van der Waals surface area contributed by atoms with E-state index < -0.39 is 10.0 Å². The molecule has 0 amide bonds. The van der Waals surface area contributed by atoms with Gasteiger partial charge in [-0.2, -0.15) is 0 Å². The number of ether oxygens (including phenoxy) is 1. The van der Waals surface area contributed by atoms with Gasteiger partial charge in [-0.3, -0.25) is 4.72 Å². The molecule has 0 fully saturated rings. The molecule has 0 saturated carbocycles. The second kappa shape index (κ2) is 6.17. The van der Waals surface area contributed by atoms with Crippen molar-refractivity contribution in [1.82, 2.24) is 4.98 Å². The van der Waals surface area contributed by atoms with Crippen LogP contribution in [-0.2, 0) is 10.0 Å². The highest BCUT2D eigenvalue weighted by atomic mass is 32.2. The molecule has 0 atom stereocenters. The Morgan fingerprint density at radius 3 is 2.61 bits per heavy atom. The third-order valence-electron chi connectivity index (χ3n) is 3.23. The molecular weight excluding hydrogens is 332 g/mol. The maximum Gasteiger partial charge on any atom is 0.263 e. The van der Waals surface area contributed by atoms with E-state index in [2.05, 4.69) is 9.71 Å². The zero-order valence-electron chi connectivity index (χ0n) is 12.7. The van der Waals surface area contributed by atoms with Gasteiger partial charge < -0.3 is 4.74 Å². The largest absolute Gasteiger partial charge is 0.492 e. The molecule has 2 aromatic carbocycles. The smallest absolute Gasteiger partial charge is 0.263 e. The van der Waals surface area contributed by atoms with Crippen LogP contribution in [0.15, 0.2) is 47.4 Å². The predicted octanol–water partition coefficient (Wildman–Crippen LogP) is 3.80. The number of hydrogen-bond donors (Lipinski definition) is 1. The van der Waals surface area contributed by atoms with Crippen LogP contribution in [0.4, 0.5) is 5.13 Å². The molecule has 0 unspecified atom stereocenters. The van der Waals surface area contributed by atoms with Crippen LogP contribution in [-0.4, -0.2) is 20.0 Å². The summed E-state index contributed by atoms with van der Waals surface area (Å²) in [6, 6.07) is 12.3. The van der Waals surface area contributed by atoms with E-state index in [9.17, 15) is 8.42 Å². The number of anilines is 1. The molecule has 0 saturated heterocycles. The van der Waals surface area contributed by atoms with Gasteiger partial charge in [0.1, 0.15) is 11.3 Å². The standard InChI is InChI=1S/C16H16N2O3S2/c1-3-21-13-5-4-6-14-15(13)17-16(22-14)18-23(19,20)12-9-7-11(2)8-10-12/h4-10H,3H2,1-2H3,(H,17,18). The van der Waals surface area contributed by atoms with Crippen LogP contribution in [0, 0.1) is 6.92 Å². The number of aromatic nitrogens is 1. The first-order valence-corrected chi connectivity index (χ1v) is 9.41. The number of benzene rings is 2. The first-order chi connectivity index (χ1) is 11.0. The normalized spacial score (nSPS) is 11.6. The summed E-state index contributed by atoms with van der Waals surface area (Å²) < 4.78 is 33.8. The van der Waals surface area contributed by atoms with E-state index >= 15 is 0 Å². The second-order valence-electron chi connectivity index (χ2n) is 4.97. The molecule has 0 aliphatic rings. The first kappa shape index (κ1) is 15.8. The summed E-state index contributed by atoms with van der Waals surface area (Å²) in [6.45, 7) is 4.33. The lowest BCUT2D eigenvalue weighted by Gasteiger charge is -2.05. The summed E-state index contributed by atoms with van der Waals surface area (Å²) in [5.41, 5.74) is 1.67. The average molecular weight is 348 g/mol. The molecule has 0 radical (unpaired) electrons. The zero-order valence-corrected chi connectivity index (χ0v) is 14.4. The summed E-state index contributed by atoms with van der Waals surface area (Å²) in [4.78, 5) is 4.58. The van der Waals surface area contributed by atoms with Gasteiger partial charge in [0.2, 0.25) is 0 Å². The maximum atomic E-state index is 12.4. The van der Waals surface area contributed by atoms with Crippen LogP contribution >= 0.6 is 11.3 Å². The van der Waals surface area contributed by atoms with Gasteiger partial charge in [0, 0.05) is 0 Å². The maximum absolute atomic E-state index is 12.4. The Labute approximate surface area is 139 Å². The van der Waals surface area contributed by atoms with Crippen molar-refractivity contribution in [2.24, 2.45) is 0 Å². The molecule has 0 bridgehead atoms. The van der Waals surface area contributed by atoms with Gasteiger partial charge in [-0.25, -0.2) is 13.4 Å². The Morgan fingerprint density at radius 1 is 1.17 bits per heavy atom. The number of hydrogen-bond acceptors (Lipinski definition) is 5. The number of nitrogens with one attached hydrogen (secondary N) is 1. The van der Waals surface area contributed by atoms with E-state index in [1.54, 1.807) is 24.3 Å². The quantitative estimate of drug-likeness (QED) is 0.761. The van der Waals surface area contributed by atoms with Crippen molar-refractivity contribution in [3.05, 3.63) is 48.0 Å². The van der Waals surface area contributed by atoms with Gasteiger partial charge >= 0.3 is 0 Å². The summed E-state index contributed by atoms with van der Waals surface area (Å²) in [6.07, 6.45) is 0. The molecule has 1 N–H and O–H groups in total. The molecule has 23 heavy (non-hydrogen) atoms. The topological polar surface area (TPSA) is 68.3 Å². The molecule has 5 nitrogen and oxygen atoms in total. The van der Waals surface area contributed by atoms with Crippen molar-refractivity contribution in [2.45, 2.75) is 18.7 Å². The second-order valence-corrected chi connectivity index (χ2v) is 7.69. The molecule has 1 aromatic heterocycles. The fraction of sp³-hybridized carbons (Fsp3) is 0.188. The highest BCUT2D eigenvalue weighted by molar-refractivity contribution is 7.93. The van der Waals surface area contributed by atoms with E-state index in [1.807, 2.05) is 32.0 Å². The van der Waals surface area contributed by atoms with E-state index in [1.165, 1.54) is 11.3 Å². The van der Waals surface area contributed by atoms with Crippen LogP contribution in [0.1, 0.15) is 12.5 Å². The van der Waals surface area contributed by atoms with Gasteiger partial charge in [-0.05, 0) is 38.1 Å². The molecule has 3 aromatic rings. The summed E-state index contributed by atoms with van der Waals surface area (Å²) in [5, 5.41) is 0.327. The van der Waals surface area contributed by atoms with Crippen molar-refractivity contribution in [3.8, 4) is 5.75 Å². The fourth-order valence-corrected chi connectivity index (χ4v) is 4.25. The van der Waals surface area contributed by atoms with E-state index in [4.69, 9.17) is 4.74 Å². The number of aryl methyl sites for hydroxylation is 1. The Balaban J connectivity index is 1.95. The van der Waals surface area contributed by atoms with Gasteiger partial charge in [0.25, 0.3) is 10.0 Å². The van der Waals surface area contributed by atoms with Crippen molar-refractivity contribution in [1.29, 1.82) is 0 Å². The van der Waals surface area contributed by atoms with Gasteiger partial charge in [-0.15, -0.1) is 0 Å². The fourth-order valence-electron chi connectivity index (χ4n) is 2.13. The van der Waals surface area contributed by atoms with Crippen molar-refractivity contribution >= 4 is 36.7 Å². The zero-order chi connectivity index (χ0) is 16.4. The molecule has 0 spiro atoms. The molecule has 3 rings (SSSR count). The third kappa shape index (κ3) is 3.30. The SMILES string of the molecule is CCOc1cccc2sc(NS(=O)(=O)c3ccc(C)cc3)nc12. The number of rotatable bonds is 5. The van der Waals surface area contributed by atoms with E-state index in [0.717, 1.165) is 10.3 Å². The van der Waals surface area contributed by atoms with Crippen molar-refractivity contribution < 1.29 is 13.2 Å². The van der Waals surface area contributed by atoms with Crippen LogP contribution in [0.25, 0.3) is 10.2 Å². The van der Waals surface area contributed by atoms with Gasteiger partial charge in [-0.1, -0.05) is 35.1 Å². The van der Waals surface area contributed by atoms with E-state index in [-0.39, 0.29) is 4.90 Å². The van der Waals surface area contributed by atoms with Gasteiger partial charge in [0.15, 0.2) is 5.13 Å². The van der Waals surface area contributed by atoms with Crippen molar-refractivity contribution in [3.63, 3.8) is 0 Å². The summed E-state index contributed by atoms with van der Waals surface area (Å²) >= 11 is 1.28. The molecule has 7 heteroatoms. The Morgan fingerprint density at radius 2 is 1.91 bits per heavy atom. The number of fused-ring (bicyclic) bond motifs is 1. The molecule has 0 aliphatic heterocycles. The summed E-state index contributed by atoms with van der Waals surface area (Å²) in [5.74, 6) is 0.655. The molecular formula is C16H16N2O3S2. The molecule has 120 valence electrons. The Bertz CT molecular complexity index is 932. The van der Waals surface area contributed by atoms with Crippen LogP contribution < -0.4 is 9.46 Å². The average Bonchev–Trinajstić information content (AvgIpc) is 2.90. The Hall–Kier alpha value is -2.12. The third-order valence-corrected chi connectivity index (χ3v) is 5.65. The highest BCUT2D eigenvalue weighted by Gasteiger charge is 2.17. The minimum atomic E-state index is -3.65. The minimum Gasteiger partial charge on any atom is -0.492 e. The number of sulfonamides is 1. The van der Waals surface area contributed by atoms with Crippen LogP contribution in [0.2, 0.25) is 0 Å². The predicted molar refractivity (Wildman–Crippen MR) is 92.8 cm³/mol. The highest BCUT2D eigenvalue weighted by Crippen LogP contribution is 2.33. The molecule has 0 aliphatic carbocycles. The van der Waals surface area contributed by atoms with Crippen molar-refractivity contribution in [2.75, 3.05) is 11.3 Å². The number of nitrogens with zero attached hydrogens (tertiary/aromatic N) is 1. The lowest BCUT2D eigenvalue weighted by atomic mass is 10.2. The number of thiazole rings is 1. The van der Waals surface area contributed by atoms with Crippen LogP contribution in [0.3, 0.4) is 0 Å². The lowest BCUT2D eigenvalue weighted by molar-refractivity contribution is 0.344. The summed E-state index contributed by atoms with van der Waals surface area (Å²) in [7, 11) is -3.65. The van der Waals surface area contributed by atoms with E-state index in [0.29, 0.717) is 23.0 Å². The minimum absolute atomic E-state index is 0.215. The number of para-hydroxylation sites is 1. The van der Waals surface area contributed by atoms with Crippen LogP contribution in [0.5, 0.6) is 5.75 Å².